The summed E-state index contributed by atoms with van der Waals surface area (Å²) < 4.78 is 0. The molecule has 88 heavy (non-hydrogen) atoms. The van der Waals surface area contributed by atoms with Crippen molar-refractivity contribution in [3.05, 3.63) is 12.2 Å². The molecule has 0 aromatic heterocycles. The van der Waals surface area contributed by atoms with Crippen LogP contribution in [0.25, 0.3) is 0 Å². The molecular formula is C64H116N12O12. The first-order valence-corrected chi connectivity index (χ1v) is 31.6. The third kappa shape index (κ3) is 22.7. The summed E-state index contributed by atoms with van der Waals surface area (Å²) in [5.74, 6) is -9.78. The van der Waals surface area contributed by atoms with Gasteiger partial charge in [-0.15, -0.1) is 0 Å². The molecule has 1 aliphatic heterocycles. The molecule has 1 fully saturated rings. The van der Waals surface area contributed by atoms with Gasteiger partial charge in [0.2, 0.25) is 65.0 Å². The van der Waals surface area contributed by atoms with E-state index in [2.05, 4.69) is 21.3 Å². The molecule has 1 heterocycles. The lowest BCUT2D eigenvalue weighted by molar-refractivity contribution is -0.157. The van der Waals surface area contributed by atoms with Gasteiger partial charge in [0.25, 0.3) is 0 Å². The maximum Gasteiger partial charge on any atom is 0.246 e. The summed E-state index contributed by atoms with van der Waals surface area (Å²) in [6.45, 7) is 27.9. The Kier molecular flexibility index (Phi) is 33.1. The molecule has 12 atom stereocenters. The van der Waals surface area contributed by atoms with Gasteiger partial charge in [0.1, 0.15) is 60.4 Å². The molecule has 0 spiro atoms. The molecule has 1 aliphatic rings. The van der Waals surface area contributed by atoms with Gasteiger partial charge in [-0.05, 0) is 108 Å². The van der Waals surface area contributed by atoms with Crippen LogP contribution in [0.3, 0.4) is 0 Å². The first-order valence-electron chi connectivity index (χ1n) is 31.6. The van der Waals surface area contributed by atoms with E-state index >= 15 is 14.4 Å². The fourth-order valence-corrected chi connectivity index (χ4v) is 11.1. The van der Waals surface area contributed by atoms with Crippen molar-refractivity contribution < 1.29 is 57.8 Å². The van der Waals surface area contributed by atoms with E-state index in [1.165, 1.54) is 80.8 Å². The summed E-state index contributed by atoms with van der Waals surface area (Å²) in [6.07, 6.45) is 3.01. The Bertz CT molecular complexity index is 2400. The van der Waals surface area contributed by atoms with Gasteiger partial charge in [-0.3, -0.25) is 52.7 Å². The van der Waals surface area contributed by atoms with Crippen molar-refractivity contribution in [3.8, 4) is 0 Å². The van der Waals surface area contributed by atoms with Crippen LogP contribution in [-0.2, 0) is 52.7 Å². The van der Waals surface area contributed by atoms with Crippen molar-refractivity contribution >= 4 is 65.0 Å². The Morgan fingerprint density at radius 3 is 1.35 bits per heavy atom. The highest BCUT2D eigenvalue weighted by Gasteiger charge is 2.46. The molecule has 0 aromatic carbocycles. The topological polar surface area (TPSA) is 282 Å². The molecule has 24 nitrogen and oxygen atoms in total. The zero-order valence-electron chi connectivity index (χ0n) is 58.2. The predicted molar refractivity (Wildman–Crippen MR) is 341 cm³/mol. The van der Waals surface area contributed by atoms with Crippen LogP contribution in [-0.4, -0.2) is 252 Å². The Morgan fingerprint density at radius 1 is 0.489 bits per heavy atom. The van der Waals surface area contributed by atoms with Crippen LogP contribution in [0.1, 0.15) is 149 Å². The lowest BCUT2D eigenvalue weighted by atomic mass is 9.91. The van der Waals surface area contributed by atoms with Crippen LogP contribution in [0.2, 0.25) is 0 Å². The van der Waals surface area contributed by atoms with E-state index in [0.29, 0.717) is 6.42 Å². The van der Waals surface area contributed by atoms with Gasteiger partial charge in [0, 0.05) is 55.9 Å². The molecule has 504 valence electrons. The van der Waals surface area contributed by atoms with Gasteiger partial charge in [0.15, 0.2) is 0 Å². The number of nitrogens with one attached hydrogen (secondary N) is 4. The second kappa shape index (κ2) is 36.5. The number of likely N-dealkylation sites (N-methyl/N-ethyl adjacent to an activating group) is 8. The van der Waals surface area contributed by atoms with Crippen LogP contribution in [0, 0.1) is 41.4 Å². The van der Waals surface area contributed by atoms with E-state index in [4.69, 9.17) is 0 Å². The summed E-state index contributed by atoms with van der Waals surface area (Å²) in [6, 6.07) is -12.5. The standard InChI is InChI=1S/C64H116N12O12/c1-26-28-29-42(15)54(78)53-58(82)66-44(27-2)59(83)70(19)35-50(77)71(20)46(30-36(3)4)57(81)68-51(40(11)12)63(87)72(21)47(31-37(5)6)56(80)65-43(16)55(79)67-45(34-69(17)18)60(84)73(22)48(32-38(7)8)61(85)74(23)49(33-39(9)10)62(86)75(24)52(41(13)14)64(88)76(53)25/h26,28,36-49,51-54,78H,27,29-35H2,1-25H3,(H,65,80)(H,66,82)(H,67,79)(H,68,81)/b28-26+/t42-,43+,44+,45-,46+,47+,48+,49+,51+,52+,53+,54-/m1/s1. The van der Waals surface area contributed by atoms with Crippen molar-refractivity contribution in [2.24, 2.45) is 41.4 Å². The van der Waals surface area contributed by atoms with E-state index in [9.17, 15) is 43.5 Å². The first-order chi connectivity index (χ1) is 40.6. The maximum absolute atomic E-state index is 15.2. The highest BCUT2D eigenvalue weighted by Crippen LogP contribution is 2.26. The minimum atomic E-state index is -1.62. The Morgan fingerprint density at radius 2 is 0.909 bits per heavy atom. The minimum Gasteiger partial charge on any atom is -0.390 e. The second-order valence-corrected chi connectivity index (χ2v) is 27.2. The van der Waals surface area contributed by atoms with Gasteiger partial charge in [-0.2, -0.15) is 0 Å². The summed E-state index contributed by atoms with van der Waals surface area (Å²) in [7, 11) is 13.4. The quantitative estimate of drug-likeness (QED) is 0.131. The normalized spacial score (nSPS) is 26.5. The minimum absolute atomic E-state index is 0.0205. The molecule has 0 radical (unpaired) electrons. The third-order valence-electron chi connectivity index (χ3n) is 16.5. The molecule has 0 saturated carbocycles. The van der Waals surface area contributed by atoms with E-state index in [-0.39, 0.29) is 62.3 Å². The average molecular weight is 1250 g/mol. The highest BCUT2D eigenvalue weighted by atomic mass is 16.3. The number of amides is 11. The molecule has 0 bridgehead atoms. The molecular weight excluding hydrogens is 1130 g/mol. The van der Waals surface area contributed by atoms with Crippen LogP contribution in [0.4, 0.5) is 0 Å². The molecule has 1 saturated heterocycles. The molecule has 1 rings (SSSR count). The van der Waals surface area contributed by atoms with E-state index < -0.39 is 156 Å². The highest BCUT2D eigenvalue weighted by molar-refractivity contribution is 5.99. The van der Waals surface area contributed by atoms with Gasteiger partial charge in [0.05, 0.1) is 12.6 Å². The van der Waals surface area contributed by atoms with E-state index in [1.54, 1.807) is 73.5 Å². The number of allylic oxidation sites excluding steroid dienone is 2. The van der Waals surface area contributed by atoms with Crippen molar-refractivity contribution in [2.45, 2.75) is 216 Å². The van der Waals surface area contributed by atoms with Gasteiger partial charge in [-0.1, -0.05) is 109 Å². The summed E-state index contributed by atoms with van der Waals surface area (Å²) in [5.41, 5.74) is 0. The zero-order chi connectivity index (χ0) is 68.3. The maximum atomic E-state index is 15.2. The smallest absolute Gasteiger partial charge is 0.246 e. The summed E-state index contributed by atoms with van der Waals surface area (Å²) in [5, 5.41) is 23.3. The Balaban J connectivity index is 4.43. The van der Waals surface area contributed by atoms with Gasteiger partial charge < -0.3 is 65.6 Å². The van der Waals surface area contributed by atoms with E-state index in [0.717, 1.165) is 9.80 Å². The van der Waals surface area contributed by atoms with E-state index in [1.807, 2.05) is 61.5 Å². The third-order valence-corrected chi connectivity index (χ3v) is 16.5. The summed E-state index contributed by atoms with van der Waals surface area (Å²) >= 11 is 0. The lowest BCUT2D eigenvalue weighted by Gasteiger charge is -2.41. The number of carbonyl (C=O) groups excluding carboxylic acids is 11. The fourth-order valence-electron chi connectivity index (χ4n) is 11.1. The van der Waals surface area contributed by atoms with Crippen LogP contribution in [0.15, 0.2) is 12.2 Å². The molecule has 11 amide bonds. The Labute approximate surface area is 527 Å². The van der Waals surface area contributed by atoms with Crippen LogP contribution >= 0.6 is 0 Å². The molecule has 0 unspecified atom stereocenters. The summed E-state index contributed by atoms with van der Waals surface area (Å²) in [4.78, 5) is 172. The second-order valence-electron chi connectivity index (χ2n) is 27.2. The molecule has 0 aromatic rings. The molecule has 0 aliphatic carbocycles. The monoisotopic (exact) mass is 1240 g/mol. The average Bonchev–Trinajstić information content (AvgIpc) is 1.34. The Hall–Kier alpha value is -6.17. The van der Waals surface area contributed by atoms with Crippen LogP contribution in [0.5, 0.6) is 0 Å². The number of hydrogen-bond donors (Lipinski definition) is 5. The number of rotatable bonds is 17. The number of nitrogens with zero attached hydrogens (tertiary/aromatic N) is 8. The molecule has 24 heteroatoms. The predicted octanol–water partition coefficient (Wildman–Crippen LogP) is 2.81. The number of hydrogen-bond acceptors (Lipinski definition) is 13. The fraction of sp³-hybridized carbons (Fsp3) is 0.797. The van der Waals surface area contributed by atoms with Crippen molar-refractivity contribution in [3.63, 3.8) is 0 Å². The van der Waals surface area contributed by atoms with Gasteiger partial charge >= 0.3 is 0 Å². The largest absolute Gasteiger partial charge is 0.390 e. The van der Waals surface area contributed by atoms with Crippen molar-refractivity contribution in [1.29, 1.82) is 0 Å². The SMILES string of the molecule is C/C=C/C[C@@H](C)[C@@H](O)[C@H]1C(=O)N[C@@H](CC)C(=O)N(C)CC(=O)N(C)[C@@H](CC(C)C)C(=O)N[C@@H](C(C)C)C(=O)N(C)[C@@H](CC(C)C)C(=O)N[C@@H](C)C(=O)N[C@H](CN(C)C)C(=O)N(C)[C@@H](CC(C)C)C(=O)N(C)[C@@H](CC(C)C)C(=O)N(C)[C@@H](C(C)C)C(=O)N1C. The molecule has 5 N–H and O–H groups in total. The van der Waals surface area contributed by atoms with Crippen LogP contribution < -0.4 is 21.3 Å². The number of carbonyl (C=O) groups is 11. The number of aliphatic hydroxyl groups excluding tert-OH is 1. The first kappa shape index (κ1) is 79.8. The zero-order valence-corrected chi connectivity index (χ0v) is 58.2. The lowest BCUT2D eigenvalue weighted by Crippen LogP contribution is -2.63. The number of aliphatic hydroxyl groups is 1. The van der Waals surface area contributed by atoms with Crippen molar-refractivity contribution in [2.75, 3.05) is 76.5 Å². The van der Waals surface area contributed by atoms with Gasteiger partial charge in [-0.25, -0.2) is 0 Å². The van der Waals surface area contributed by atoms with Crippen molar-refractivity contribution in [1.82, 2.24) is 60.5 Å².